The van der Waals surface area contributed by atoms with Crippen LogP contribution in [0.4, 0.5) is 0 Å². The van der Waals surface area contributed by atoms with E-state index in [1.54, 1.807) is 38.1 Å². The van der Waals surface area contributed by atoms with Crippen LogP contribution in [0.3, 0.4) is 0 Å². The molecule has 1 aromatic rings. The van der Waals surface area contributed by atoms with Crippen molar-refractivity contribution in [1.82, 2.24) is 0 Å². The van der Waals surface area contributed by atoms with Gasteiger partial charge in [0.05, 0.1) is 11.7 Å². The molecule has 17 heavy (non-hydrogen) atoms. The van der Waals surface area contributed by atoms with E-state index in [0.29, 0.717) is 10.6 Å². The van der Waals surface area contributed by atoms with Crippen molar-refractivity contribution in [3.63, 3.8) is 0 Å². The zero-order valence-electron chi connectivity index (χ0n) is 9.81. The fraction of sp³-hybridized carbons (Fsp3) is 0.308. The van der Waals surface area contributed by atoms with Gasteiger partial charge < -0.3 is 9.84 Å². The van der Waals surface area contributed by atoms with Gasteiger partial charge in [-0.1, -0.05) is 36.4 Å². The highest BCUT2D eigenvalue weighted by Gasteiger charge is 2.22. The summed E-state index contributed by atoms with van der Waals surface area (Å²) in [4.78, 5) is 11.6. The van der Waals surface area contributed by atoms with E-state index >= 15 is 0 Å². The van der Waals surface area contributed by atoms with Crippen molar-refractivity contribution >= 4 is 17.6 Å². The number of ether oxygens (including phenoxy) is 1. The molecule has 0 saturated carbocycles. The topological polar surface area (TPSA) is 46.5 Å². The van der Waals surface area contributed by atoms with Gasteiger partial charge in [-0.2, -0.15) is 0 Å². The Morgan fingerprint density at radius 3 is 2.53 bits per heavy atom. The van der Waals surface area contributed by atoms with E-state index in [-0.39, 0.29) is 11.7 Å². The molecule has 1 unspecified atom stereocenters. The van der Waals surface area contributed by atoms with E-state index in [1.807, 2.05) is 0 Å². The lowest BCUT2D eigenvalue weighted by Crippen LogP contribution is -2.17. The first-order valence-corrected chi connectivity index (χ1v) is 5.63. The van der Waals surface area contributed by atoms with Crippen LogP contribution in [-0.2, 0) is 9.53 Å². The summed E-state index contributed by atoms with van der Waals surface area (Å²) >= 11 is 5.92. The number of carbonyl (C=O) groups is 1. The van der Waals surface area contributed by atoms with E-state index in [1.165, 1.54) is 0 Å². The summed E-state index contributed by atoms with van der Waals surface area (Å²) in [6, 6.07) is 6.75. The second kappa shape index (κ2) is 5.84. The van der Waals surface area contributed by atoms with Crippen LogP contribution in [0.5, 0.6) is 0 Å². The zero-order valence-corrected chi connectivity index (χ0v) is 10.6. The van der Waals surface area contributed by atoms with Crippen molar-refractivity contribution < 1.29 is 14.6 Å². The first-order chi connectivity index (χ1) is 7.93. The maximum atomic E-state index is 11.6. The van der Waals surface area contributed by atoms with Crippen LogP contribution in [0.2, 0.25) is 5.02 Å². The predicted octanol–water partition coefficient (Wildman–Crippen LogP) is 2.88. The molecule has 0 heterocycles. The predicted molar refractivity (Wildman–Crippen MR) is 66.8 cm³/mol. The summed E-state index contributed by atoms with van der Waals surface area (Å²) in [7, 11) is 0. The van der Waals surface area contributed by atoms with E-state index in [2.05, 4.69) is 6.58 Å². The highest BCUT2D eigenvalue weighted by Crippen LogP contribution is 2.27. The molecule has 0 saturated heterocycles. The Kier molecular flexibility index (Phi) is 4.73. The molecule has 0 amide bonds. The SMILES string of the molecule is C=C(C(=O)OC(C)C)C(O)c1ccccc1Cl. The number of hydrogen-bond acceptors (Lipinski definition) is 3. The number of aliphatic hydroxyl groups is 1. The number of aliphatic hydroxyl groups excluding tert-OH is 1. The molecule has 1 rings (SSSR count). The minimum absolute atomic E-state index is 0.0215. The van der Waals surface area contributed by atoms with Crippen molar-refractivity contribution in [3.8, 4) is 0 Å². The maximum absolute atomic E-state index is 11.6. The van der Waals surface area contributed by atoms with Gasteiger partial charge in [-0.3, -0.25) is 0 Å². The van der Waals surface area contributed by atoms with Gasteiger partial charge in [0.2, 0.25) is 0 Å². The Morgan fingerprint density at radius 2 is 2.00 bits per heavy atom. The van der Waals surface area contributed by atoms with Gasteiger partial charge in [-0.05, 0) is 19.9 Å². The first-order valence-electron chi connectivity index (χ1n) is 5.25. The van der Waals surface area contributed by atoms with E-state index in [9.17, 15) is 9.90 Å². The van der Waals surface area contributed by atoms with Crippen molar-refractivity contribution in [2.45, 2.75) is 26.1 Å². The number of halogens is 1. The van der Waals surface area contributed by atoms with Crippen LogP contribution in [0.15, 0.2) is 36.4 Å². The highest BCUT2D eigenvalue weighted by molar-refractivity contribution is 6.31. The molecule has 0 aliphatic carbocycles. The monoisotopic (exact) mass is 254 g/mol. The minimum Gasteiger partial charge on any atom is -0.460 e. The number of carbonyl (C=O) groups excluding carboxylic acids is 1. The number of benzene rings is 1. The van der Waals surface area contributed by atoms with E-state index < -0.39 is 12.1 Å². The molecule has 0 radical (unpaired) electrons. The molecule has 92 valence electrons. The Bertz CT molecular complexity index is 426. The fourth-order valence-electron chi connectivity index (χ4n) is 1.29. The van der Waals surface area contributed by atoms with E-state index in [4.69, 9.17) is 16.3 Å². The van der Waals surface area contributed by atoms with Crippen LogP contribution < -0.4 is 0 Å². The molecule has 1 atom stereocenters. The van der Waals surface area contributed by atoms with Gasteiger partial charge >= 0.3 is 5.97 Å². The van der Waals surface area contributed by atoms with Crippen molar-refractivity contribution in [1.29, 1.82) is 0 Å². The molecular weight excluding hydrogens is 240 g/mol. The minimum atomic E-state index is -1.14. The molecule has 1 N–H and O–H groups in total. The normalized spacial score (nSPS) is 12.3. The zero-order chi connectivity index (χ0) is 13.0. The molecule has 0 bridgehead atoms. The van der Waals surface area contributed by atoms with Gasteiger partial charge in [-0.25, -0.2) is 4.79 Å². The van der Waals surface area contributed by atoms with Crippen LogP contribution in [0, 0.1) is 0 Å². The third-order valence-corrected chi connectivity index (χ3v) is 2.48. The molecule has 0 aromatic heterocycles. The molecule has 0 spiro atoms. The number of hydrogen-bond donors (Lipinski definition) is 1. The third kappa shape index (κ3) is 3.58. The van der Waals surface area contributed by atoms with Crippen molar-refractivity contribution in [2.24, 2.45) is 0 Å². The second-order valence-electron chi connectivity index (χ2n) is 3.90. The van der Waals surface area contributed by atoms with Gasteiger partial charge in [-0.15, -0.1) is 0 Å². The second-order valence-corrected chi connectivity index (χ2v) is 4.31. The lowest BCUT2D eigenvalue weighted by molar-refractivity contribution is -0.143. The fourth-order valence-corrected chi connectivity index (χ4v) is 1.53. The summed E-state index contributed by atoms with van der Waals surface area (Å²) in [5.41, 5.74) is 0.423. The standard InChI is InChI=1S/C13H15ClO3/c1-8(2)17-13(16)9(3)12(15)10-6-4-5-7-11(10)14/h4-8,12,15H,3H2,1-2H3. The summed E-state index contributed by atoms with van der Waals surface area (Å²) < 4.78 is 4.95. The van der Waals surface area contributed by atoms with Gasteiger partial charge in [0.1, 0.15) is 6.10 Å². The lowest BCUT2D eigenvalue weighted by Gasteiger charge is -2.16. The van der Waals surface area contributed by atoms with Crippen LogP contribution >= 0.6 is 11.6 Å². The van der Waals surface area contributed by atoms with Crippen molar-refractivity contribution in [3.05, 3.63) is 47.0 Å². The third-order valence-electron chi connectivity index (χ3n) is 2.13. The molecule has 3 nitrogen and oxygen atoms in total. The quantitative estimate of drug-likeness (QED) is 0.664. The number of esters is 1. The smallest absolute Gasteiger partial charge is 0.336 e. The highest BCUT2D eigenvalue weighted by atomic mass is 35.5. The van der Waals surface area contributed by atoms with Gasteiger partial charge in [0.25, 0.3) is 0 Å². The van der Waals surface area contributed by atoms with Crippen LogP contribution in [0.25, 0.3) is 0 Å². The summed E-state index contributed by atoms with van der Waals surface area (Å²) in [5, 5.41) is 10.4. The maximum Gasteiger partial charge on any atom is 0.336 e. The Labute approximate surface area is 106 Å². The molecule has 0 aliphatic heterocycles. The average Bonchev–Trinajstić information content (AvgIpc) is 2.27. The average molecular weight is 255 g/mol. The largest absolute Gasteiger partial charge is 0.460 e. The molecular formula is C13H15ClO3. The summed E-state index contributed by atoms with van der Waals surface area (Å²) in [6.45, 7) is 7.00. The Morgan fingerprint density at radius 1 is 1.41 bits per heavy atom. The molecule has 1 aromatic carbocycles. The summed E-state index contributed by atoms with van der Waals surface area (Å²) in [5.74, 6) is -0.618. The van der Waals surface area contributed by atoms with Crippen LogP contribution in [0.1, 0.15) is 25.5 Å². The first kappa shape index (κ1) is 13.7. The lowest BCUT2D eigenvalue weighted by atomic mass is 10.0. The van der Waals surface area contributed by atoms with Gasteiger partial charge in [0.15, 0.2) is 0 Å². The molecule has 0 aliphatic rings. The van der Waals surface area contributed by atoms with Gasteiger partial charge in [0, 0.05) is 10.6 Å². The van der Waals surface area contributed by atoms with Crippen LogP contribution in [-0.4, -0.2) is 17.2 Å². The van der Waals surface area contributed by atoms with E-state index in [0.717, 1.165) is 0 Å². The summed E-state index contributed by atoms with van der Waals surface area (Å²) in [6.07, 6.45) is -1.40. The van der Waals surface area contributed by atoms with Crippen molar-refractivity contribution in [2.75, 3.05) is 0 Å². The molecule has 0 fully saturated rings. The number of rotatable bonds is 4. The Balaban J connectivity index is 2.84. The Hall–Kier alpha value is -1.32. The molecule has 4 heteroatoms.